The number of aromatic nitrogens is 2. The molecule has 0 saturated carbocycles. The molecule has 8 nitrogen and oxygen atoms in total. The third-order valence-corrected chi connectivity index (χ3v) is 5.08. The van der Waals surface area contributed by atoms with Crippen LogP contribution in [0.3, 0.4) is 0 Å². The van der Waals surface area contributed by atoms with Gasteiger partial charge >= 0.3 is 0 Å². The number of hydrogen-bond donors (Lipinski definition) is 2. The number of carbonyl (C=O) groups excluding carboxylic acids is 2. The zero-order chi connectivity index (χ0) is 22.5. The predicted molar refractivity (Wildman–Crippen MR) is 119 cm³/mol. The Balaban J connectivity index is 1.82. The molecular weight excluding hydrogens is 396 g/mol. The lowest BCUT2D eigenvalue weighted by Gasteiger charge is -2.16. The molecule has 8 heteroatoms. The van der Waals surface area contributed by atoms with Gasteiger partial charge in [-0.3, -0.25) is 14.3 Å². The monoisotopic (exact) mass is 422 g/mol. The number of ether oxygens (including phenoxy) is 2. The summed E-state index contributed by atoms with van der Waals surface area (Å²) in [7, 11) is 4.84. The summed E-state index contributed by atoms with van der Waals surface area (Å²) >= 11 is 0. The summed E-state index contributed by atoms with van der Waals surface area (Å²) < 4.78 is 12.6. The summed E-state index contributed by atoms with van der Waals surface area (Å²) in [6.45, 7) is 3.81. The van der Waals surface area contributed by atoms with Gasteiger partial charge < -0.3 is 20.1 Å². The van der Waals surface area contributed by atoms with Crippen molar-refractivity contribution < 1.29 is 19.1 Å². The van der Waals surface area contributed by atoms with Gasteiger partial charge in [-0.1, -0.05) is 18.2 Å². The Labute approximate surface area is 181 Å². The fraction of sp³-hybridized carbons (Fsp3) is 0.261. The highest BCUT2D eigenvalue weighted by Crippen LogP contribution is 2.36. The second kappa shape index (κ2) is 9.34. The molecule has 0 bridgehead atoms. The standard InChI is InChI=1S/C23H26N4O4/c1-14-17(15(2)27(3)26-14)11-22(28)24-18-12-21(31-5)19(13-20(18)30-4)25-23(29)16-9-7-6-8-10-16/h6-10,12-13H,11H2,1-5H3,(H,24,28)(H,25,29). The van der Waals surface area contributed by atoms with Crippen molar-refractivity contribution in [2.24, 2.45) is 7.05 Å². The van der Waals surface area contributed by atoms with Crippen molar-refractivity contribution in [1.29, 1.82) is 0 Å². The first-order chi connectivity index (χ1) is 14.8. The SMILES string of the molecule is COc1cc(NC(=O)c2ccccc2)c(OC)cc1NC(=O)Cc1c(C)nn(C)c1C. The Morgan fingerprint density at radius 1 is 0.968 bits per heavy atom. The van der Waals surface area contributed by atoms with E-state index < -0.39 is 0 Å². The van der Waals surface area contributed by atoms with Gasteiger partial charge in [-0.25, -0.2) is 0 Å². The fourth-order valence-electron chi connectivity index (χ4n) is 3.31. The average Bonchev–Trinajstić information content (AvgIpc) is 3.00. The van der Waals surface area contributed by atoms with Crippen molar-refractivity contribution in [2.75, 3.05) is 24.9 Å². The number of nitrogens with one attached hydrogen (secondary N) is 2. The van der Waals surface area contributed by atoms with Crippen LogP contribution in [0.5, 0.6) is 11.5 Å². The lowest BCUT2D eigenvalue weighted by atomic mass is 10.1. The van der Waals surface area contributed by atoms with E-state index in [1.807, 2.05) is 27.0 Å². The molecule has 3 rings (SSSR count). The predicted octanol–water partition coefficient (Wildman–Crippen LogP) is 3.49. The number of amides is 2. The first-order valence-corrected chi connectivity index (χ1v) is 9.75. The molecule has 31 heavy (non-hydrogen) atoms. The van der Waals surface area contributed by atoms with Gasteiger partial charge in [0.25, 0.3) is 5.91 Å². The third kappa shape index (κ3) is 4.85. The topological polar surface area (TPSA) is 94.5 Å². The zero-order valence-corrected chi connectivity index (χ0v) is 18.3. The van der Waals surface area contributed by atoms with Crippen molar-refractivity contribution >= 4 is 23.2 Å². The van der Waals surface area contributed by atoms with E-state index in [9.17, 15) is 9.59 Å². The molecule has 0 spiro atoms. The summed E-state index contributed by atoms with van der Waals surface area (Å²) in [6.07, 6.45) is 0.184. The van der Waals surface area contributed by atoms with Crippen molar-refractivity contribution in [2.45, 2.75) is 20.3 Å². The highest BCUT2D eigenvalue weighted by Gasteiger charge is 2.18. The van der Waals surface area contributed by atoms with Gasteiger partial charge in [0.1, 0.15) is 11.5 Å². The number of hydrogen-bond acceptors (Lipinski definition) is 5. The fourth-order valence-corrected chi connectivity index (χ4v) is 3.31. The minimum absolute atomic E-state index is 0.184. The average molecular weight is 422 g/mol. The van der Waals surface area contributed by atoms with E-state index >= 15 is 0 Å². The van der Waals surface area contributed by atoms with Crippen LogP contribution in [0, 0.1) is 13.8 Å². The number of aryl methyl sites for hydroxylation is 2. The van der Waals surface area contributed by atoms with Gasteiger partial charge in [0.05, 0.1) is 37.7 Å². The van der Waals surface area contributed by atoms with Gasteiger partial charge in [-0.2, -0.15) is 5.10 Å². The molecule has 1 aromatic heterocycles. The molecule has 162 valence electrons. The summed E-state index contributed by atoms with van der Waals surface area (Å²) in [5.41, 5.74) is 4.04. The van der Waals surface area contributed by atoms with Crippen LogP contribution >= 0.6 is 0 Å². The van der Waals surface area contributed by atoms with E-state index in [-0.39, 0.29) is 18.2 Å². The molecule has 2 amide bonds. The number of anilines is 2. The third-order valence-electron chi connectivity index (χ3n) is 5.08. The number of methoxy groups -OCH3 is 2. The maximum absolute atomic E-state index is 12.7. The van der Waals surface area contributed by atoms with E-state index in [1.54, 1.807) is 41.1 Å². The molecule has 0 aliphatic heterocycles. The Bertz CT molecular complexity index is 1110. The first kappa shape index (κ1) is 21.9. The number of rotatable bonds is 7. The molecule has 0 aliphatic rings. The minimum atomic E-state index is -0.278. The number of benzene rings is 2. The van der Waals surface area contributed by atoms with Crippen LogP contribution in [-0.4, -0.2) is 35.8 Å². The molecule has 0 unspecified atom stereocenters. The summed E-state index contributed by atoms with van der Waals surface area (Å²) in [4.78, 5) is 25.2. The van der Waals surface area contributed by atoms with Crippen LogP contribution < -0.4 is 20.1 Å². The summed E-state index contributed by atoms with van der Waals surface area (Å²) in [6, 6.07) is 12.1. The molecule has 3 aromatic rings. The van der Waals surface area contributed by atoms with Crippen LogP contribution in [0.2, 0.25) is 0 Å². The van der Waals surface area contributed by atoms with Crippen molar-refractivity contribution in [3.05, 3.63) is 65.0 Å². The normalized spacial score (nSPS) is 10.5. The quantitative estimate of drug-likeness (QED) is 0.608. The van der Waals surface area contributed by atoms with Crippen molar-refractivity contribution in [3.63, 3.8) is 0 Å². The number of nitrogens with zero attached hydrogens (tertiary/aromatic N) is 2. The smallest absolute Gasteiger partial charge is 0.255 e. The van der Waals surface area contributed by atoms with Crippen molar-refractivity contribution in [1.82, 2.24) is 9.78 Å². The largest absolute Gasteiger partial charge is 0.494 e. The van der Waals surface area contributed by atoms with E-state index in [2.05, 4.69) is 15.7 Å². The van der Waals surface area contributed by atoms with E-state index in [1.165, 1.54) is 14.2 Å². The maximum Gasteiger partial charge on any atom is 0.255 e. The number of carbonyl (C=O) groups is 2. The molecule has 0 atom stereocenters. The molecule has 0 saturated heterocycles. The second-order valence-corrected chi connectivity index (χ2v) is 7.07. The van der Waals surface area contributed by atoms with Crippen LogP contribution in [0.25, 0.3) is 0 Å². The van der Waals surface area contributed by atoms with Gasteiger partial charge in [0.15, 0.2) is 0 Å². The Morgan fingerprint density at radius 3 is 2.06 bits per heavy atom. The lowest BCUT2D eigenvalue weighted by molar-refractivity contribution is -0.115. The maximum atomic E-state index is 12.7. The summed E-state index contributed by atoms with van der Waals surface area (Å²) in [5, 5.41) is 10.0. The van der Waals surface area contributed by atoms with Gasteiger partial charge in [-0.15, -0.1) is 0 Å². The van der Waals surface area contributed by atoms with Crippen LogP contribution in [0.1, 0.15) is 27.3 Å². The van der Waals surface area contributed by atoms with E-state index in [4.69, 9.17) is 9.47 Å². The Kier molecular flexibility index (Phi) is 6.59. The zero-order valence-electron chi connectivity index (χ0n) is 18.3. The van der Waals surface area contributed by atoms with Crippen LogP contribution in [0.15, 0.2) is 42.5 Å². The van der Waals surface area contributed by atoms with Crippen LogP contribution in [0.4, 0.5) is 11.4 Å². The highest BCUT2D eigenvalue weighted by atomic mass is 16.5. The van der Waals surface area contributed by atoms with Crippen molar-refractivity contribution in [3.8, 4) is 11.5 Å². The molecular formula is C23H26N4O4. The first-order valence-electron chi connectivity index (χ1n) is 9.75. The molecule has 0 radical (unpaired) electrons. The van der Waals surface area contributed by atoms with Gasteiger partial charge in [-0.05, 0) is 26.0 Å². The van der Waals surface area contributed by atoms with Gasteiger partial charge in [0, 0.05) is 36.0 Å². The molecule has 0 fully saturated rings. The van der Waals surface area contributed by atoms with E-state index in [0.717, 1.165) is 17.0 Å². The Morgan fingerprint density at radius 2 is 1.55 bits per heavy atom. The Hall–Kier alpha value is -3.81. The molecule has 2 aromatic carbocycles. The van der Waals surface area contributed by atoms with Gasteiger partial charge in [0.2, 0.25) is 5.91 Å². The van der Waals surface area contributed by atoms with E-state index in [0.29, 0.717) is 28.4 Å². The lowest BCUT2D eigenvalue weighted by Crippen LogP contribution is -2.17. The summed E-state index contributed by atoms with van der Waals surface area (Å²) in [5.74, 6) is 0.312. The molecule has 2 N–H and O–H groups in total. The minimum Gasteiger partial charge on any atom is -0.494 e. The van der Waals surface area contributed by atoms with Crippen LogP contribution in [-0.2, 0) is 18.3 Å². The second-order valence-electron chi connectivity index (χ2n) is 7.07. The molecule has 1 heterocycles. The molecule has 0 aliphatic carbocycles. The highest BCUT2D eigenvalue weighted by molar-refractivity contribution is 6.05.